The van der Waals surface area contributed by atoms with Crippen LogP contribution in [0, 0.1) is 5.92 Å². The van der Waals surface area contributed by atoms with Crippen molar-refractivity contribution in [3.63, 3.8) is 0 Å². The molecule has 0 heterocycles. The molecule has 1 unspecified atom stereocenters. The molecule has 4 nitrogen and oxygen atoms in total. The van der Waals surface area contributed by atoms with Crippen molar-refractivity contribution in [2.45, 2.75) is 57.5 Å². The Morgan fingerprint density at radius 1 is 1.18 bits per heavy atom. The Morgan fingerprint density at radius 3 is 2.47 bits per heavy atom. The van der Waals surface area contributed by atoms with Crippen molar-refractivity contribution in [2.24, 2.45) is 5.92 Å². The zero-order valence-corrected chi connectivity index (χ0v) is 11.4. The second-order valence-electron chi connectivity index (χ2n) is 5.50. The van der Waals surface area contributed by atoms with E-state index in [0.717, 1.165) is 25.4 Å². The molecule has 2 aliphatic carbocycles. The highest BCUT2D eigenvalue weighted by atomic mass is 32.2. The first kappa shape index (κ1) is 13.3. The minimum atomic E-state index is -3.05. The highest BCUT2D eigenvalue weighted by Gasteiger charge is 2.30. The number of hydrogen-bond donors (Lipinski definition) is 2. The van der Waals surface area contributed by atoms with Crippen LogP contribution in [0.1, 0.15) is 45.4 Å². The van der Waals surface area contributed by atoms with Crippen LogP contribution in [0.4, 0.5) is 0 Å². The molecular formula is C12H24N2O2S. The van der Waals surface area contributed by atoms with Gasteiger partial charge in [-0.05, 0) is 57.9 Å². The summed E-state index contributed by atoms with van der Waals surface area (Å²) < 4.78 is 26.3. The monoisotopic (exact) mass is 260 g/mol. The van der Waals surface area contributed by atoms with E-state index in [0.29, 0.717) is 5.92 Å². The fourth-order valence-electron chi connectivity index (χ4n) is 2.05. The highest BCUT2D eigenvalue weighted by molar-refractivity contribution is 7.89. The summed E-state index contributed by atoms with van der Waals surface area (Å²) in [6, 6.07) is 0.851. The maximum Gasteiger partial charge on any atom is 0.211 e. The lowest BCUT2D eigenvalue weighted by Crippen LogP contribution is -2.35. The van der Waals surface area contributed by atoms with Gasteiger partial charge in [0.25, 0.3) is 0 Å². The molecule has 100 valence electrons. The van der Waals surface area contributed by atoms with Crippen LogP contribution in [-0.4, -0.2) is 32.8 Å². The number of nitrogens with one attached hydrogen (secondary N) is 2. The molecular weight excluding hydrogens is 236 g/mol. The van der Waals surface area contributed by atoms with E-state index in [-0.39, 0.29) is 11.8 Å². The number of sulfonamides is 1. The molecule has 0 spiro atoms. The topological polar surface area (TPSA) is 58.2 Å². The predicted molar refractivity (Wildman–Crippen MR) is 69.4 cm³/mol. The van der Waals surface area contributed by atoms with Gasteiger partial charge in [0.2, 0.25) is 10.0 Å². The summed E-state index contributed by atoms with van der Waals surface area (Å²) >= 11 is 0. The summed E-state index contributed by atoms with van der Waals surface area (Å²) in [5.41, 5.74) is 0. The molecule has 0 bridgehead atoms. The van der Waals surface area contributed by atoms with Crippen LogP contribution in [0.3, 0.4) is 0 Å². The van der Waals surface area contributed by atoms with Crippen molar-refractivity contribution in [2.75, 3.05) is 12.3 Å². The van der Waals surface area contributed by atoms with Crippen molar-refractivity contribution >= 4 is 10.0 Å². The Hall–Kier alpha value is -0.130. The first-order valence-electron chi connectivity index (χ1n) is 6.80. The van der Waals surface area contributed by atoms with Gasteiger partial charge in [-0.1, -0.05) is 0 Å². The van der Waals surface area contributed by atoms with Gasteiger partial charge in [0.05, 0.1) is 5.75 Å². The summed E-state index contributed by atoms with van der Waals surface area (Å²) in [5.74, 6) is 0.859. The maximum absolute atomic E-state index is 11.8. The Kier molecular flexibility index (Phi) is 4.44. The predicted octanol–water partition coefficient (Wildman–Crippen LogP) is 1.24. The second kappa shape index (κ2) is 5.67. The van der Waals surface area contributed by atoms with E-state index in [9.17, 15) is 8.42 Å². The van der Waals surface area contributed by atoms with Gasteiger partial charge < -0.3 is 5.32 Å². The highest BCUT2D eigenvalue weighted by Crippen LogP contribution is 2.32. The molecule has 0 amide bonds. The normalized spacial score (nSPS) is 22.6. The van der Waals surface area contributed by atoms with Crippen LogP contribution >= 0.6 is 0 Å². The molecule has 2 fully saturated rings. The average Bonchev–Trinajstić information content (AvgIpc) is 3.11. The Balaban J connectivity index is 1.55. The third kappa shape index (κ3) is 5.36. The van der Waals surface area contributed by atoms with Crippen LogP contribution in [-0.2, 0) is 10.0 Å². The van der Waals surface area contributed by atoms with Crippen LogP contribution in [0.5, 0.6) is 0 Å². The zero-order valence-electron chi connectivity index (χ0n) is 10.6. The molecule has 2 aliphatic rings. The molecule has 17 heavy (non-hydrogen) atoms. The molecule has 0 aliphatic heterocycles. The van der Waals surface area contributed by atoms with Crippen LogP contribution in [0.15, 0.2) is 0 Å². The lowest BCUT2D eigenvalue weighted by atomic mass is 10.2. The molecule has 5 heteroatoms. The van der Waals surface area contributed by atoms with Gasteiger partial charge in [-0.3, -0.25) is 0 Å². The van der Waals surface area contributed by atoms with Gasteiger partial charge in [-0.15, -0.1) is 0 Å². The van der Waals surface area contributed by atoms with E-state index in [4.69, 9.17) is 0 Å². The van der Waals surface area contributed by atoms with Crippen LogP contribution in [0.25, 0.3) is 0 Å². The van der Waals surface area contributed by atoms with E-state index in [2.05, 4.69) is 10.0 Å². The van der Waals surface area contributed by atoms with Crippen molar-refractivity contribution in [1.82, 2.24) is 10.0 Å². The van der Waals surface area contributed by atoms with Gasteiger partial charge in [0.15, 0.2) is 0 Å². The van der Waals surface area contributed by atoms with Crippen molar-refractivity contribution in [3.8, 4) is 0 Å². The molecule has 2 N–H and O–H groups in total. The molecule has 0 aromatic rings. The molecule has 2 saturated carbocycles. The first-order valence-corrected chi connectivity index (χ1v) is 8.45. The Labute approximate surface area is 105 Å². The average molecular weight is 260 g/mol. The van der Waals surface area contributed by atoms with Crippen molar-refractivity contribution in [3.05, 3.63) is 0 Å². The van der Waals surface area contributed by atoms with Gasteiger partial charge in [-0.2, -0.15) is 0 Å². The van der Waals surface area contributed by atoms with Gasteiger partial charge >= 0.3 is 0 Å². The summed E-state index contributed by atoms with van der Waals surface area (Å²) in [6.45, 7) is 2.93. The van der Waals surface area contributed by atoms with Gasteiger partial charge in [0.1, 0.15) is 0 Å². The third-order valence-electron chi connectivity index (χ3n) is 3.54. The summed E-state index contributed by atoms with van der Waals surface area (Å²) in [4.78, 5) is 0. The van der Waals surface area contributed by atoms with E-state index in [1.165, 1.54) is 25.7 Å². The molecule has 0 aromatic carbocycles. The summed E-state index contributed by atoms with van der Waals surface area (Å²) in [6.07, 6.45) is 6.64. The molecule has 2 rings (SSSR count). The van der Waals surface area contributed by atoms with Gasteiger partial charge in [0, 0.05) is 12.1 Å². The fourth-order valence-corrected chi connectivity index (χ4v) is 3.51. The minimum Gasteiger partial charge on any atom is -0.314 e. The van der Waals surface area contributed by atoms with Crippen molar-refractivity contribution in [1.29, 1.82) is 0 Å². The quantitative estimate of drug-likeness (QED) is 0.613. The van der Waals surface area contributed by atoms with Crippen molar-refractivity contribution < 1.29 is 8.42 Å². The summed E-state index contributed by atoms with van der Waals surface area (Å²) in [7, 11) is -3.05. The maximum atomic E-state index is 11.8. The largest absolute Gasteiger partial charge is 0.314 e. The Morgan fingerprint density at radius 2 is 1.88 bits per heavy atom. The van der Waals surface area contributed by atoms with E-state index in [1.54, 1.807) is 0 Å². The molecule has 1 atom stereocenters. The Bertz CT molecular complexity index is 334. The first-order chi connectivity index (χ1) is 8.07. The standard InChI is InChI=1S/C12H24N2O2S/c1-10(11-4-5-11)14-17(15,16)9-3-2-8-13-12-6-7-12/h10-14H,2-9H2,1H3. The van der Waals surface area contributed by atoms with E-state index < -0.39 is 10.0 Å². The number of hydrogen-bond acceptors (Lipinski definition) is 3. The SMILES string of the molecule is CC(NS(=O)(=O)CCCCNC1CC1)C1CC1. The minimum absolute atomic E-state index is 0.129. The van der Waals surface area contributed by atoms with Gasteiger partial charge in [-0.25, -0.2) is 13.1 Å². The number of rotatable bonds is 9. The van der Waals surface area contributed by atoms with Crippen LogP contribution in [0.2, 0.25) is 0 Å². The molecule has 0 saturated heterocycles. The lowest BCUT2D eigenvalue weighted by Gasteiger charge is -2.13. The smallest absolute Gasteiger partial charge is 0.211 e. The summed E-state index contributed by atoms with van der Waals surface area (Å²) in [5, 5.41) is 3.40. The third-order valence-corrected chi connectivity index (χ3v) is 5.10. The number of unbranched alkanes of at least 4 members (excludes halogenated alkanes) is 1. The second-order valence-corrected chi connectivity index (χ2v) is 7.37. The van der Waals surface area contributed by atoms with E-state index in [1.807, 2.05) is 6.92 Å². The molecule has 0 radical (unpaired) electrons. The zero-order chi connectivity index (χ0) is 12.3. The fraction of sp³-hybridized carbons (Fsp3) is 1.00. The van der Waals surface area contributed by atoms with E-state index >= 15 is 0 Å². The lowest BCUT2D eigenvalue weighted by molar-refractivity contribution is 0.534. The molecule has 0 aromatic heterocycles. The van der Waals surface area contributed by atoms with Crippen LogP contribution < -0.4 is 10.0 Å².